The molecule has 0 saturated carbocycles. The average molecular weight is 753 g/mol. The quantitative estimate of drug-likeness (QED) is 0.0438. The molecule has 5 rings (SSSR count). The molecule has 52 heavy (non-hydrogen) atoms. The third-order valence-corrected chi connectivity index (χ3v) is 14.4. The maximum atomic E-state index is 13.2. The van der Waals surface area contributed by atoms with E-state index in [4.69, 9.17) is 25.0 Å². The molecule has 2 heterocycles. The summed E-state index contributed by atoms with van der Waals surface area (Å²) in [6.07, 6.45) is 3.93. The third kappa shape index (κ3) is 10.2. The molecule has 11 nitrogen and oxygen atoms in total. The van der Waals surface area contributed by atoms with E-state index in [9.17, 15) is 19.6 Å². The number of nitrogens with zero attached hydrogens (tertiary/aromatic N) is 1. The van der Waals surface area contributed by atoms with E-state index < -0.39 is 52.2 Å². The van der Waals surface area contributed by atoms with E-state index in [2.05, 4.69) is 89.5 Å². The lowest BCUT2D eigenvalue weighted by Gasteiger charge is -2.28. The van der Waals surface area contributed by atoms with Crippen LogP contribution >= 0.6 is 15.1 Å². The zero-order valence-corrected chi connectivity index (χ0v) is 31.2. The fourth-order valence-electron chi connectivity index (χ4n) is 6.79. The minimum Gasteiger partial charge on any atom is -0.462 e. The van der Waals surface area contributed by atoms with Crippen molar-refractivity contribution in [2.45, 2.75) is 63.6 Å². The van der Waals surface area contributed by atoms with E-state index in [0.717, 1.165) is 31.8 Å². The molecule has 0 bridgehead atoms. The molecule has 3 aromatic carbocycles. The van der Waals surface area contributed by atoms with Crippen molar-refractivity contribution in [1.29, 1.82) is 0 Å². The Morgan fingerprint density at radius 2 is 1.54 bits per heavy atom. The average Bonchev–Trinajstić information content (AvgIpc) is 3.44. The van der Waals surface area contributed by atoms with Crippen LogP contribution in [0.3, 0.4) is 0 Å². The minimum atomic E-state index is -4.80. The summed E-state index contributed by atoms with van der Waals surface area (Å²) >= 11 is 0. The zero-order valence-electron chi connectivity index (χ0n) is 29.4. The van der Waals surface area contributed by atoms with Crippen molar-refractivity contribution in [2.24, 2.45) is 11.7 Å². The normalized spacial score (nSPS) is 19.7. The van der Waals surface area contributed by atoms with Gasteiger partial charge in [0.2, 0.25) is 0 Å². The van der Waals surface area contributed by atoms with Crippen molar-refractivity contribution >= 4 is 37.0 Å². The number of benzene rings is 3. The standard InChI is InChI=1S/C39H48N2O9P2/c1-29(27-48-39(44)31-15-13-22-41(26-31)38-37(43)36(42)35(50-38)28-49-52(45,46)47)24-30-14-12-20-34(25-30)51(23-11-3-2-10-21-40,32-16-6-4-7-17-32)33-18-8-5-9-19-33/h4-9,12-20,22,25-26,29,35-38,42-43H,2-3,10-11,21,23-24,27-28,40H2,1H3/p+2/t29-,35-,36-,37-,38-/m1/s1. The lowest BCUT2D eigenvalue weighted by Crippen LogP contribution is -2.46. The minimum absolute atomic E-state index is 0.0115. The van der Waals surface area contributed by atoms with Gasteiger partial charge in [-0.2, -0.15) is 4.57 Å². The molecule has 0 aliphatic carbocycles. The summed E-state index contributed by atoms with van der Waals surface area (Å²) in [5.74, 6) is -0.547. The summed E-state index contributed by atoms with van der Waals surface area (Å²) in [4.78, 5) is 31.1. The van der Waals surface area contributed by atoms with Crippen LogP contribution in [0.4, 0.5) is 0 Å². The predicted molar refractivity (Wildman–Crippen MR) is 201 cm³/mol. The van der Waals surface area contributed by atoms with Gasteiger partial charge in [-0.05, 0) is 86.2 Å². The van der Waals surface area contributed by atoms with Crippen LogP contribution in [0.15, 0.2) is 109 Å². The SMILES string of the molecule is C[C@@H](COC(=O)c1ccc[n+]([C@@H]2O[C@H](COP(=O)(O)O)[C@@H](O)[C@H]2O)c1)Cc1cccc([P+](CCCCCCN)(c2ccccc2)c2ccccc2)c1. The maximum Gasteiger partial charge on any atom is 0.469 e. The molecule has 13 heteroatoms. The van der Waals surface area contributed by atoms with E-state index in [1.54, 1.807) is 18.3 Å². The Morgan fingerprint density at radius 1 is 0.885 bits per heavy atom. The van der Waals surface area contributed by atoms with Crippen molar-refractivity contribution in [3.8, 4) is 0 Å². The van der Waals surface area contributed by atoms with Gasteiger partial charge in [0.15, 0.2) is 18.5 Å². The van der Waals surface area contributed by atoms with Crippen LogP contribution in [-0.2, 0) is 25.0 Å². The van der Waals surface area contributed by atoms with Gasteiger partial charge in [-0.15, -0.1) is 0 Å². The van der Waals surface area contributed by atoms with Gasteiger partial charge in [-0.3, -0.25) is 4.52 Å². The molecule has 1 aromatic heterocycles. The fraction of sp³-hybridized carbons (Fsp3) is 0.385. The van der Waals surface area contributed by atoms with Gasteiger partial charge in [0.1, 0.15) is 40.9 Å². The van der Waals surface area contributed by atoms with Gasteiger partial charge in [0.25, 0.3) is 6.23 Å². The Bertz CT molecular complexity index is 1740. The second kappa shape index (κ2) is 18.6. The number of hydrogen-bond acceptors (Lipinski definition) is 8. The largest absolute Gasteiger partial charge is 0.469 e. The first kappa shape index (κ1) is 39.9. The molecule has 0 radical (unpaired) electrons. The highest BCUT2D eigenvalue weighted by molar-refractivity contribution is 7.95. The van der Waals surface area contributed by atoms with Crippen LogP contribution < -0.4 is 26.2 Å². The first-order valence-corrected chi connectivity index (χ1v) is 21.2. The zero-order chi connectivity index (χ0) is 37.1. The predicted octanol–water partition coefficient (Wildman–Crippen LogP) is 3.55. The lowest BCUT2D eigenvalue weighted by molar-refractivity contribution is -0.765. The van der Waals surface area contributed by atoms with E-state index >= 15 is 0 Å². The van der Waals surface area contributed by atoms with Gasteiger partial charge in [0.05, 0.1) is 19.4 Å². The Labute approximate surface area is 306 Å². The lowest BCUT2D eigenvalue weighted by atomic mass is 10.0. The number of nitrogens with two attached hydrogens (primary N) is 1. The van der Waals surface area contributed by atoms with E-state index in [0.29, 0.717) is 13.0 Å². The number of ether oxygens (including phenoxy) is 2. The molecule has 0 amide bonds. The summed E-state index contributed by atoms with van der Waals surface area (Å²) in [5, 5.41) is 25.0. The fourth-order valence-corrected chi connectivity index (χ4v) is 11.6. The Kier molecular flexibility index (Phi) is 14.3. The van der Waals surface area contributed by atoms with Crippen molar-refractivity contribution in [1.82, 2.24) is 0 Å². The van der Waals surface area contributed by atoms with Crippen LogP contribution in [0.5, 0.6) is 0 Å². The van der Waals surface area contributed by atoms with Gasteiger partial charge in [0, 0.05) is 6.07 Å². The maximum absolute atomic E-state index is 13.2. The Balaban J connectivity index is 1.28. The molecule has 5 atom stereocenters. The summed E-state index contributed by atoms with van der Waals surface area (Å²) in [6, 6.07) is 33.8. The number of esters is 1. The number of phosphoric acid groups is 1. The molecule has 1 saturated heterocycles. The molecule has 1 fully saturated rings. The third-order valence-electron chi connectivity index (χ3n) is 9.37. The molecule has 0 unspecified atom stereocenters. The summed E-state index contributed by atoms with van der Waals surface area (Å²) in [6.45, 7) is 2.31. The highest BCUT2D eigenvalue weighted by Gasteiger charge is 2.49. The topological polar surface area (TPSA) is 173 Å². The van der Waals surface area contributed by atoms with Crippen LogP contribution in [0, 0.1) is 5.92 Å². The molecule has 6 N–H and O–H groups in total. The monoisotopic (exact) mass is 752 g/mol. The van der Waals surface area contributed by atoms with E-state index in [-0.39, 0.29) is 18.1 Å². The number of aliphatic hydroxyl groups is 2. The molecule has 1 aliphatic heterocycles. The number of unbranched alkanes of at least 4 members (excludes halogenated alkanes) is 3. The molecule has 4 aromatic rings. The van der Waals surface area contributed by atoms with E-state index in [1.165, 1.54) is 32.2 Å². The van der Waals surface area contributed by atoms with Gasteiger partial charge >= 0.3 is 13.8 Å². The van der Waals surface area contributed by atoms with Crippen molar-refractivity contribution in [2.75, 3.05) is 25.9 Å². The first-order chi connectivity index (χ1) is 25.0. The number of rotatable bonds is 18. The number of aliphatic hydroxyl groups excluding tert-OH is 2. The smallest absolute Gasteiger partial charge is 0.462 e. The highest BCUT2D eigenvalue weighted by Crippen LogP contribution is 2.56. The van der Waals surface area contributed by atoms with Crippen molar-refractivity contribution in [3.05, 3.63) is 121 Å². The second-order valence-electron chi connectivity index (χ2n) is 13.4. The Hall–Kier alpha value is -3.34. The van der Waals surface area contributed by atoms with Crippen LogP contribution in [0.1, 0.15) is 54.8 Å². The summed E-state index contributed by atoms with van der Waals surface area (Å²) in [7, 11) is -6.79. The van der Waals surface area contributed by atoms with Gasteiger partial charge < -0.3 is 35.2 Å². The number of phosphoric ester groups is 1. The molecule has 0 spiro atoms. The van der Waals surface area contributed by atoms with Gasteiger partial charge in [-0.1, -0.05) is 61.9 Å². The van der Waals surface area contributed by atoms with E-state index in [1.807, 2.05) is 6.92 Å². The second-order valence-corrected chi connectivity index (χ2v) is 18.2. The Morgan fingerprint density at radius 3 is 2.19 bits per heavy atom. The molecular weight excluding hydrogens is 702 g/mol. The van der Waals surface area contributed by atoms with Crippen LogP contribution in [0.2, 0.25) is 0 Å². The number of pyridine rings is 1. The number of hydrogen-bond donors (Lipinski definition) is 5. The number of carbonyl (C=O) groups is 1. The van der Waals surface area contributed by atoms with Crippen molar-refractivity contribution in [3.63, 3.8) is 0 Å². The van der Waals surface area contributed by atoms with Gasteiger partial charge in [-0.25, -0.2) is 9.36 Å². The number of aromatic nitrogens is 1. The van der Waals surface area contributed by atoms with Crippen molar-refractivity contribution < 1.29 is 47.9 Å². The van der Waals surface area contributed by atoms with Crippen LogP contribution in [0.25, 0.3) is 0 Å². The highest BCUT2D eigenvalue weighted by atomic mass is 31.2. The molecule has 278 valence electrons. The number of carbonyl (C=O) groups excluding carboxylic acids is 1. The molecule has 1 aliphatic rings. The first-order valence-electron chi connectivity index (χ1n) is 17.7. The summed E-state index contributed by atoms with van der Waals surface area (Å²) < 4.78 is 28.3. The summed E-state index contributed by atoms with van der Waals surface area (Å²) in [5.41, 5.74) is 7.17. The molecular formula is C39H50N2O9P2+2. The van der Waals surface area contributed by atoms with Crippen LogP contribution in [-0.4, -0.2) is 70.2 Å².